The lowest BCUT2D eigenvalue weighted by atomic mass is 10.2. The standard InChI is InChI=1S/C23H24ClN11O2S/c1-4-33-20(14-35-30-22(27-32-35)16-7-10-18(36-2)19(13-16)37-3)25-28-23(33)38-12-11-34-29-21(26-31-34)15-5-8-17(24)9-6-15/h5-10,13H,4,11-12,14H2,1-3H3. The molecule has 5 aromatic rings. The molecule has 0 bridgehead atoms. The first-order valence-electron chi connectivity index (χ1n) is 11.7. The highest BCUT2D eigenvalue weighted by molar-refractivity contribution is 7.99. The molecule has 0 aliphatic carbocycles. The van der Waals surface area contributed by atoms with E-state index in [1.54, 1.807) is 49.0 Å². The summed E-state index contributed by atoms with van der Waals surface area (Å²) in [6.45, 7) is 3.63. The molecule has 0 aliphatic heterocycles. The van der Waals surface area contributed by atoms with Gasteiger partial charge in [0.15, 0.2) is 22.5 Å². The Labute approximate surface area is 227 Å². The van der Waals surface area contributed by atoms with Gasteiger partial charge in [0, 0.05) is 28.4 Å². The van der Waals surface area contributed by atoms with Gasteiger partial charge in [0.2, 0.25) is 11.6 Å². The van der Waals surface area contributed by atoms with Crippen molar-refractivity contribution in [3.63, 3.8) is 0 Å². The van der Waals surface area contributed by atoms with Gasteiger partial charge in [-0.05, 0) is 59.8 Å². The summed E-state index contributed by atoms with van der Waals surface area (Å²) in [5.41, 5.74) is 1.63. The van der Waals surface area contributed by atoms with Gasteiger partial charge in [0.25, 0.3) is 0 Å². The molecule has 0 amide bonds. The van der Waals surface area contributed by atoms with Crippen LogP contribution in [0.4, 0.5) is 0 Å². The Hall–Kier alpha value is -4.04. The Balaban J connectivity index is 1.21. The largest absolute Gasteiger partial charge is 0.493 e. The van der Waals surface area contributed by atoms with Crippen LogP contribution in [0.25, 0.3) is 22.8 Å². The first-order chi connectivity index (χ1) is 18.6. The third-order valence-corrected chi connectivity index (χ3v) is 6.76. The summed E-state index contributed by atoms with van der Waals surface area (Å²) < 4.78 is 12.7. The number of nitrogens with zero attached hydrogens (tertiary/aromatic N) is 11. The Morgan fingerprint density at radius 2 is 1.50 bits per heavy atom. The molecule has 0 saturated carbocycles. The third-order valence-electron chi connectivity index (χ3n) is 5.56. The van der Waals surface area contributed by atoms with Gasteiger partial charge in [0.1, 0.15) is 6.54 Å². The van der Waals surface area contributed by atoms with Crippen LogP contribution in [0.1, 0.15) is 12.7 Å². The number of methoxy groups -OCH3 is 2. The van der Waals surface area contributed by atoms with E-state index in [1.165, 1.54) is 4.80 Å². The molecular formula is C23H24ClN11O2S. The quantitative estimate of drug-likeness (QED) is 0.223. The van der Waals surface area contributed by atoms with Gasteiger partial charge >= 0.3 is 0 Å². The van der Waals surface area contributed by atoms with Crippen LogP contribution in [0, 0.1) is 0 Å². The summed E-state index contributed by atoms with van der Waals surface area (Å²) in [6, 6.07) is 12.8. The topological polar surface area (TPSA) is 136 Å². The Bertz CT molecular complexity index is 1520. The highest BCUT2D eigenvalue weighted by atomic mass is 35.5. The van der Waals surface area contributed by atoms with E-state index in [4.69, 9.17) is 21.1 Å². The molecule has 13 nitrogen and oxygen atoms in total. The number of hydrogen-bond donors (Lipinski definition) is 0. The molecule has 0 atom stereocenters. The van der Waals surface area contributed by atoms with Crippen molar-refractivity contribution < 1.29 is 9.47 Å². The molecule has 3 aromatic heterocycles. The Kier molecular flexibility index (Phi) is 7.79. The van der Waals surface area contributed by atoms with Crippen molar-refractivity contribution >= 4 is 23.4 Å². The van der Waals surface area contributed by atoms with Gasteiger partial charge in [-0.2, -0.15) is 9.59 Å². The zero-order chi connectivity index (χ0) is 26.5. The van der Waals surface area contributed by atoms with Gasteiger partial charge in [-0.15, -0.1) is 30.6 Å². The molecular weight excluding hydrogens is 530 g/mol. The Morgan fingerprint density at radius 1 is 0.816 bits per heavy atom. The van der Waals surface area contributed by atoms with Crippen LogP contribution in [-0.4, -0.2) is 75.2 Å². The van der Waals surface area contributed by atoms with Crippen molar-refractivity contribution in [3.8, 4) is 34.3 Å². The number of thioether (sulfide) groups is 1. The second kappa shape index (κ2) is 11.6. The van der Waals surface area contributed by atoms with Crippen LogP contribution in [-0.2, 0) is 19.6 Å². The van der Waals surface area contributed by atoms with Crippen LogP contribution in [0.15, 0.2) is 47.6 Å². The summed E-state index contributed by atoms with van der Waals surface area (Å²) in [6.07, 6.45) is 0. The van der Waals surface area contributed by atoms with E-state index in [1.807, 2.05) is 35.8 Å². The number of benzene rings is 2. The minimum atomic E-state index is 0.330. The van der Waals surface area contributed by atoms with Gasteiger partial charge in [0.05, 0.1) is 20.8 Å². The molecule has 0 radical (unpaired) electrons. The monoisotopic (exact) mass is 553 g/mol. The van der Waals surface area contributed by atoms with Crippen molar-refractivity contribution in [1.29, 1.82) is 0 Å². The number of aryl methyl sites for hydroxylation is 1. The van der Waals surface area contributed by atoms with Crippen molar-refractivity contribution in [2.75, 3.05) is 20.0 Å². The number of tetrazole rings is 2. The van der Waals surface area contributed by atoms with E-state index in [0.717, 1.165) is 22.1 Å². The van der Waals surface area contributed by atoms with Crippen LogP contribution in [0.5, 0.6) is 11.5 Å². The van der Waals surface area contributed by atoms with Crippen LogP contribution >= 0.6 is 23.4 Å². The maximum atomic E-state index is 5.95. The van der Waals surface area contributed by atoms with Gasteiger partial charge in [-0.3, -0.25) is 0 Å². The molecule has 196 valence electrons. The van der Waals surface area contributed by atoms with Crippen LogP contribution in [0.2, 0.25) is 5.02 Å². The maximum absolute atomic E-state index is 5.95. The fraction of sp³-hybridized carbons (Fsp3) is 0.304. The fourth-order valence-electron chi connectivity index (χ4n) is 3.66. The smallest absolute Gasteiger partial charge is 0.205 e. The zero-order valence-electron chi connectivity index (χ0n) is 20.9. The van der Waals surface area contributed by atoms with E-state index in [-0.39, 0.29) is 0 Å². The van der Waals surface area contributed by atoms with Crippen molar-refractivity contribution in [2.24, 2.45) is 0 Å². The molecule has 0 fully saturated rings. The van der Waals surface area contributed by atoms with Gasteiger partial charge in [-0.1, -0.05) is 23.4 Å². The van der Waals surface area contributed by atoms with Crippen molar-refractivity contribution in [3.05, 3.63) is 53.3 Å². The van der Waals surface area contributed by atoms with Gasteiger partial charge < -0.3 is 14.0 Å². The fourth-order valence-corrected chi connectivity index (χ4v) is 4.71. The van der Waals surface area contributed by atoms with E-state index >= 15 is 0 Å². The average molecular weight is 554 g/mol. The SMILES string of the molecule is CCn1c(Cn2nnc(-c3ccc(OC)c(OC)c3)n2)nnc1SCCn1nnc(-c2ccc(Cl)cc2)n1. The number of hydrogen-bond acceptors (Lipinski definition) is 11. The normalized spacial score (nSPS) is 11.2. The second-order valence-electron chi connectivity index (χ2n) is 7.92. The summed E-state index contributed by atoms with van der Waals surface area (Å²) in [5.74, 6) is 3.68. The lowest BCUT2D eigenvalue weighted by Crippen LogP contribution is -2.11. The predicted octanol–water partition coefficient (Wildman–Crippen LogP) is 3.12. The number of halogens is 1. The highest BCUT2D eigenvalue weighted by Gasteiger charge is 2.16. The first-order valence-corrected chi connectivity index (χ1v) is 13.0. The zero-order valence-corrected chi connectivity index (χ0v) is 22.5. The van der Waals surface area contributed by atoms with Crippen LogP contribution < -0.4 is 9.47 Å². The number of ether oxygens (including phenoxy) is 2. The maximum Gasteiger partial charge on any atom is 0.205 e. The highest BCUT2D eigenvalue weighted by Crippen LogP contribution is 2.30. The molecule has 0 spiro atoms. The van der Waals surface area contributed by atoms with Crippen LogP contribution in [0.3, 0.4) is 0 Å². The van der Waals surface area contributed by atoms with E-state index in [2.05, 4.69) is 41.0 Å². The van der Waals surface area contributed by atoms with E-state index in [9.17, 15) is 0 Å². The summed E-state index contributed by atoms with van der Waals surface area (Å²) >= 11 is 7.52. The molecule has 0 aliphatic rings. The molecule has 0 saturated heterocycles. The third kappa shape index (κ3) is 5.60. The van der Waals surface area contributed by atoms with Gasteiger partial charge in [-0.25, -0.2) is 0 Å². The molecule has 38 heavy (non-hydrogen) atoms. The van der Waals surface area contributed by atoms with Crippen molar-refractivity contribution in [1.82, 2.24) is 55.2 Å². The first kappa shape index (κ1) is 25.6. The molecule has 5 rings (SSSR count). The lowest BCUT2D eigenvalue weighted by molar-refractivity contribution is 0.355. The second-order valence-corrected chi connectivity index (χ2v) is 9.42. The molecule has 0 unspecified atom stereocenters. The number of rotatable bonds is 11. The minimum absolute atomic E-state index is 0.330. The molecule has 2 aromatic carbocycles. The minimum Gasteiger partial charge on any atom is -0.493 e. The number of aromatic nitrogens is 11. The van der Waals surface area contributed by atoms with E-state index in [0.29, 0.717) is 53.6 Å². The Morgan fingerprint density at radius 3 is 2.24 bits per heavy atom. The average Bonchev–Trinajstić information content (AvgIpc) is 3.69. The predicted molar refractivity (Wildman–Crippen MR) is 140 cm³/mol. The lowest BCUT2D eigenvalue weighted by Gasteiger charge is -2.07. The van der Waals surface area contributed by atoms with Crippen molar-refractivity contribution in [2.45, 2.75) is 31.7 Å². The molecule has 3 heterocycles. The summed E-state index contributed by atoms with van der Waals surface area (Å²) in [7, 11) is 3.17. The van der Waals surface area contributed by atoms with E-state index < -0.39 is 0 Å². The summed E-state index contributed by atoms with van der Waals surface area (Å²) in [5, 5.41) is 35.8. The molecule has 0 N–H and O–H groups in total. The molecule has 15 heteroatoms. The summed E-state index contributed by atoms with van der Waals surface area (Å²) in [4.78, 5) is 3.06.